The highest BCUT2D eigenvalue weighted by atomic mass is 16.6. The Morgan fingerprint density at radius 3 is 2.57 bits per heavy atom. The van der Waals surface area contributed by atoms with Crippen LogP contribution in [0.3, 0.4) is 0 Å². The van der Waals surface area contributed by atoms with Crippen LogP contribution in [0.1, 0.15) is 58.6 Å². The van der Waals surface area contributed by atoms with Crippen molar-refractivity contribution in [2.75, 3.05) is 6.54 Å². The van der Waals surface area contributed by atoms with Crippen LogP contribution in [0, 0.1) is 5.92 Å². The van der Waals surface area contributed by atoms with Gasteiger partial charge >= 0.3 is 6.09 Å². The molecule has 1 aromatic rings. The molecule has 1 aliphatic rings. The molecule has 0 aromatic heterocycles. The molecule has 1 amide bonds. The van der Waals surface area contributed by atoms with Crippen molar-refractivity contribution in [3.8, 4) is 0 Å². The van der Waals surface area contributed by atoms with Gasteiger partial charge in [0.2, 0.25) is 0 Å². The first kappa shape index (κ1) is 17.8. The zero-order chi connectivity index (χ0) is 17.0. The number of aliphatic hydroxyl groups is 1. The van der Waals surface area contributed by atoms with Crippen LogP contribution in [0.15, 0.2) is 30.3 Å². The van der Waals surface area contributed by atoms with Crippen molar-refractivity contribution in [1.82, 2.24) is 4.90 Å². The molecule has 4 nitrogen and oxygen atoms in total. The van der Waals surface area contributed by atoms with Gasteiger partial charge in [0.1, 0.15) is 5.60 Å². The summed E-state index contributed by atoms with van der Waals surface area (Å²) in [5.41, 5.74) is 0.416. The summed E-state index contributed by atoms with van der Waals surface area (Å²) in [5.74, 6) is 0.0208. The van der Waals surface area contributed by atoms with E-state index in [0.717, 1.165) is 24.8 Å². The minimum atomic E-state index is -0.561. The van der Waals surface area contributed by atoms with Crippen LogP contribution in [0.4, 0.5) is 4.79 Å². The SMILES string of the molecule is CCC(C(O)c1ccccc1)C1CCCN1C(=O)OC(C)(C)C. The van der Waals surface area contributed by atoms with Gasteiger partial charge in [-0.25, -0.2) is 4.79 Å². The van der Waals surface area contributed by atoms with Gasteiger partial charge in [-0.3, -0.25) is 0 Å². The van der Waals surface area contributed by atoms with Gasteiger partial charge in [-0.15, -0.1) is 0 Å². The lowest BCUT2D eigenvalue weighted by molar-refractivity contribution is 0.00316. The smallest absolute Gasteiger partial charge is 0.410 e. The number of ether oxygens (including phenoxy) is 1. The monoisotopic (exact) mass is 319 g/mol. The highest BCUT2D eigenvalue weighted by Gasteiger charge is 2.39. The Labute approximate surface area is 139 Å². The van der Waals surface area contributed by atoms with Crippen LogP contribution in [0.2, 0.25) is 0 Å². The number of benzene rings is 1. The minimum Gasteiger partial charge on any atom is -0.444 e. The molecule has 1 aromatic carbocycles. The Hall–Kier alpha value is -1.55. The van der Waals surface area contributed by atoms with Crippen LogP contribution in [0.25, 0.3) is 0 Å². The second kappa shape index (κ2) is 7.35. The third-order valence-electron chi connectivity index (χ3n) is 4.44. The van der Waals surface area contributed by atoms with Gasteiger partial charge in [0.05, 0.1) is 6.10 Å². The van der Waals surface area contributed by atoms with E-state index in [1.807, 2.05) is 56.0 Å². The van der Waals surface area contributed by atoms with Gasteiger partial charge in [0.15, 0.2) is 0 Å². The zero-order valence-corrected chi connectivity index (χ0v) is 14.7. The lowest BCUT2D eigenvalue weighted by Crippen LogP contribution is -2.44. The molecule has 0 spiro atoms. The van der Waals surface area contributed by atoms with Crippen molar-refractivity contribution >= 4 is 6.09 Å². The summed E-state index contributed by atoms with van der Waals surface area (Å²) in [4.78, 5) is 14.3. The summed E-state index contributed by atoms with van der Waals surface area (Å²) < 4.78 is 5.54. The molecule has 23 heavy (non-hydrogen) atoms. The van der Waals surface area contributed by atoms with E-state index in [0.29, 0.717) is 6.54 Å². The summed E-state index contributed by atoms with van der Waals surface area (Å²) in [7, 11) is 0. The number of hydrogen-bond donors (Lipinski definition) is 1. The number of amides is 1. The largest absolute Gasteiger partial charge is 0.444 e. The number of carbonyl (C=O) groups excluding carboxylic acids is 1. The molecule has 0 bridgehead atoms. The van der Waals surface area contributed by atoms with Gasteiger partial charge in [-0.1, -0.05) is 37.3 Å². The molecule has 1 fully saturated rings. The van der Waals surface area contributed by atoms with E-state index in [4.69, 9.17) is 4.74 Å². The van der Waals surface area contributed by atoms with Gasteiger partial charge in [-0.2, -0.15) is 0 Å². The van der Waals surface area contributed by atoms with Crippen LogP contribution in [-0.4, -0.2) is 34.3 Å². The molecule has 0 saturated carbocycles. The molecule has 1 N–H and O–H groups in total. The van der Waals surface area contributed by atoms with Gasteiger partial charge in [0, 0.05) is 18.5 Å². The highest BCUT2D eigenvalue weighted by Crippen LogP contribution is 2.35. The van der Waals surface area contributed by atoms with Gasteiger partial charge < -0.3 is 14.7 Å². The Kier molecular flexibility index (Phi) is 5.69. The van der Waals surface area contributed by atoms with Crippen molar-refractivity contribution in [2.45, 2.75) is 64.7 Å². The average Bonchev–Trinajstić information content (AvgIpc) is 2.96. The predicted molar refractivity (Wildman–Crippen MR) is 91.1 cm³/mol. The van der Waals surface area contributed by atoms with E-state index < -0.39 is 11.7 Å². The third kappa shape index (κ3) is 4.47. The summed E-state index contributed by atoms with van der Waals surface area (Å²) in [6, 6.07) is 9.74. The number of carbonyl (C=O) groups is 1. The Morgan fingerprint density at radius 2 is 2.00 bits per heavy atom. The molecule has 1 aliphatic heterocycles. The van der Waals surface area contributed by atoms with Crippen LogP contribution in [0.5, 0.6) is 0 Å². The van der Waals surface area contributed by atoms with Crippen LogP contribution in [-0.2, 0) is 4.74 Å². The van der Waals surface area contributed by atoms with E-state index in [-0.39, 0.29) is 18.1 Å². The Bertz CT molecular complexity index is 509. The highest BCUT2D eigenvalue weighted by molar-refractivity contribution is 5.69. The third-order valence-corrected chi connectivity index (χ3v) is 4.44. The topological polar surface area (TPSA) is 49.8 Å². The maximum Gasteiger partial charge on any atom is 0.410 e. The zero-order valence-electron chi connectivity index (χ0n) is 14.7. The summed E-state index contributed by atoms with van der Waals surface area (Å²) in [6.45, 7) is 8.42. The van der Waals surface area contributed by atoms with E-state index in [1.54, 1.807) is 0 Å². The van der Waals surface area contributed by atoms with E-state index in [9.17, 15) is 9.90 Å². The molecule has 128 valence electrons. The molecule has 0 radical (unpaired) electrons. The molecule has 3 unspecified atom stereocenters. The molecule has 4 heteroatoms. The van der Waals surface area contributed by atoms with Crippen LogP contribution < -0.4 is 0 Å². The van der Waals surface area contributed by atoms with Crippen molar-refractivity contribution in [2.24, 2.45) is 5.92 Å². The summed E-state index contributed by atoms with van der Waals surface area (Å²) >= 11 is 0. The molecule has 1 heterocycles. The van der Waals surface area contributed by atoms with E-state index >= 15 is 0 Å². The predicted octanol–water partition coefficient (Wildman–Crippen LogP) is 4.15. The van der Waals surface area contributed by atoms with E-state index in [1.165, 1.54) is 0 Å². The molecular formula is C19H29NO3. The molecule has 2 rings (SSSR count). The molecule has 0 aliphatic carbocycles. The van der Waals surface area contributed by atoms with Crippen molar-refractivity contribution in [3.63, 3.8) is 0 Å². The molecule has 1 saturated heterocycles. The fourth-order valence-electron chi connectivity index (χ4n) is 3.39. The summed E-state index contributed by atoms with van der Waals surface area (Å²) in [6.07, 6.45) is 1.87. The van der Waals surface area contributed by atoms with Crippen molar-refractivity contribution in [1.29, 1.82) is 0 Å². The maximum absolute atomic E-state index is 12.5. The maximum atomic E-state index is 12.5. The second-order valence-corrected chi connectivity index (χ2v) is 7.31. The van der Waals surface area contributed by atoms with Crippen LogP contribution >= 0.6 is 0 Å². The van der Waals surface area contributed by atoms with Crippen molar-refractivity contribution < 1.29 is 14.6 Å². The standard InChI is InChI=1S/C19H29NO3/c1-5-15(17(21)14-10-7-6-8-11-14)16-12-9-13-20(16)18(22)23-19(2,3)4/h6-8,10-11,15-17,21H,5,9,12-13H2,1-4H3. The Morgan fingerprint density at radius 1 is 1.35 bits per heavy atom. The Balaban J connectivity index is 2.14. The summed E-state index contributed by atoms with van der Waals surface area (Å²) in [5, 5.41) is 10.8. The van der Waals surface area contributed by atoms with Crippen molar-refractivity contribution in [3.05, 3.63) is 35.9 Å². The van der Waals surface area contributed by atoms with E-state index in [2.05, 4.69) is 6.92 Å². The molecular weight excluding hydrogens is 290 g/mol. The molecule has 3 atom stereocenters. The number of nitrogens with zero attached hydrogens (tertiary/aromatic N) is 1. The normalized spacial score (nSPS) is 21.1. The van der Waals surface area contributed by atoms with Gasteiger partial charge in [0.25, 0.3) is 0 Å². The lowest BCUT2D eigenvalue weighted by Gasteiger charge is -2.35. The fraction of sp³-hybridized carbons (Fsp3) is 0.632. The second-order valence-electron chi connectivity index (χ2n) is 7.31. The van der Waals surface area contributed by atoms with Gasteiger partial charge in [-0.05, 0) is 45.6 Å². The quantitative estimate of drug-likeness (QED) is 0.907. The number of rotatable bonds is 4. The number of aliphatic hydroxyl groups excluding tert-OH is 1. The minimum absolute atomic E-state index is 0.0208. The number of likely N-dealkylation sites (tertiary alicyclic amines) is 1. The number of hydrogen-bond acceptors (Lipinski definition) is 3. The first-order chi connectivity index (χ1) is 10.8. The first-order valence-electron chi connectivity index (χ1n) is 8.56. The average molecular weight is 319 g/mol. The first-order valence-corrected chi connectivity index (χ1v) is 8.56. The lowest BCUT2D eigenvalue weighted by atomic mass is 9.86. The fourth-order valence-corrected chi connectivity index (χ4v) is 3.39.